The Balaban J connectivity index is 1.02. The quantitative estimate of drug-likeness (QED) is 0.145. The molecular formula is C60H39NS. The van der Waals surface area contributed by atoms with E-state index in [4.69, 9.17) is 0 Å². The molecule has 62 heavy (non-hydrogen) atoms. The summed E-state index contributed by atoms with van der Waals surface area (Å²) in [7, 11) is 0. The van der Waals surface area contributed by atoms with Crippen molar-refractivity contribution in [2.24, 2.45) is 0 Å². The van der Waals surface area contributed by atoms with E-state index in [1.165, 1.54) is 97.0 Å². The fourth-order valence-electron chi connectivity index (χ4n) is 9.48. The Morgan fingerprint density at radius 2 is 0.855 bits per heavy atom. The van der Waals surface area contributed by atoms with Gasteiger partial charge in [-0.1, -0.05) is 176 Å². The van der Waals surface area contributed by atoms with E-state index in [0.717, 1.165) is 17.1 Å². The van der Waals surface area contributed by atoms with Crippen molar-refractivity contribution in [3.63, 3.8) is 0 Å². The number of anilines is 3. The predicted octanol–water partition coefficient (Wildman–Crippen LogP) is 17.7. The van der Waals surface area contributed by atoms with E-state index in [1.54, 1.807) is 0 Å². The average Bonchev–Trinajstić information content (AvgIpc) is 3.71. The van der Waals surface area contributed by atoms with Gasteiger partial charge in [-0.2, -0.15) is 0 Å². The van der Waals surface area contributed by atoms with Gasteiger partial charge in [0.05, 0.1) is 5.69 Å². The van der Waals surface area contributed by atoms with Crippen molar-refractivity contribution in [2.45, 2.75) is 0 Å². The minimum atomic E-state index is 1.10. The zero-order chi connectivity index (χ0) is 41.0. The van der Waals surface area contributed by atoms with Gasteiger partial charge in [-0.25, -0.2) is 0 Å². The van der Waals surface area contributed by atoms with Gasteiger partial charge in [0, 0.05) is 31.5 Å². The molecule has 0 spiro atoms. The minimum Gasteiger partial charge on any atom is -0.310 e. The Bertz CT molecular complexity index is 3640. The first-order valence-corrected chi connectivity index (χ1v) is 22.1. The Morgan fingerprint density at radius 1 is 0.274 bits per heavy atom. The van der Waals surface area contributed by atoms with Crippen LogP contribution in [0.15, 0.2) is 237 Å². The molecule has 0 bridgehead atoms. The van der Waals surface area contributed by atoms with Gasteiger partial charge in [-0.3, -0.25) is 0 Å². The molecule has 0 saturated heterocycles. The molecular weight excluding hydrogens is 767 g/mol. The maximum atomic E-state index is 2.46. The number of hydrogen-bond acceptors (Lipinski definition) is 2. The van der Waals surface area contributed by atoms with Gasteiger partial charge in [0.25, 0.3) is 0 Å². The van der Waals surface area contributed by atoms with Crippen LogP contribution in [0.2, 0.25) is 0 Å². The third-order valence-electron chi connectivity index (χ3n) is 12.4. The highest BCUT2D eigenvalue weighted by molar-refractivity contribution is 7.26. The second kappa shape index (κ2) is 15.0. The van der Waals surface area contributed by atoms with E-state index in [9.17, 15) is 0 Å². The lowest BCUT2D eigenvalue weighted by atomic mass is 9.92. The third kappa shape index (κ3) is 6.24. The third-order valence-corrected chi connectivity index (χ3v) is 13.5. The van der Waals surface area contributed by atoms with Crippen LogP contribution in [0.3, 0.4) is 0 Å². The molecule has 0 aliphatic rings. The molecule has 0 saturated carbocycles. The van der Waals surface area contributed by atoms with Crippen LogP contribution in [0.5, 0.6) is 0 Å². The molecule has 0 unspecified atom stereocenters. The lowest BCUT2D eigenvalue weighted by Crippen LogP contribution is -2.10. The van der Waals surface area contributed by atoms with Crippen LogP contribution in [0, 0.1) is 0 Å². The molecule has 1 nitrogen and oxygen atoms in total. The van der Waals surface area contributed by atoms with Crippen LogP contribution in [0.1, 0.15) is 0 Å². The summed E-state index contributed by atoms with van der Waals surface area (Å²) in [6.07, 6.45) is 0. The minimum absolute atomic E-state index is 1.10. The number of benzene rings is 11. The molecule has 0 radical (unpaired) electrons. The molecule has 0 fully saturated rings. The lowest BCUT2D eigenvalue weighted by Gasteiger charge is -2.27. The molecule has 12 rings (SSSR count). The summed E-state index contributed by atoms with van der Waals surface area (Å²) in [5.74, 6) is 0. The summed E-state index contributed by atoms with van der Waals surface area (Å²) < 4.78 is 2.57. The van der Waals surface area contributed by atoms with E-state index < -0.39 is 0 Å². The topological polar surface area (TPSA) is 3.24 Å². The van der Waals surface area contributed by atoms with Crippen molar-refractivity contribution in [1.82, 2.24) is 0 Å². The summed E-state index contributed by atoms with van der Waals surface area (Å²) in [5.41, 5.74) is 13.0. The zero-order valence-electron chi connectivity index (χ0n) is 33.9. The van der Waals surface area contributed by atoms with Gasteiger partial charge in [0.15, 0.2) is 0 Å². The van der Waals surface area contributed by atoms with Crippen molar-refractivity contribution in [2.75, 3.05) is 4.90 Å². The molecule has 0 amide bonds. The fraction of sp³-hybridized carbons (Fsp3) is 0. The highest BCUT2D eigenvalue weighted by atomic mass is 32.1. The second-order valence-corrected chi connectivity index (χ2v) is 17.1. The Kier molecular flexibility index (Phi) is 8.76. The number of rotatable bonds is 7. The average molecular weight is 806 g/mol. The number of hydrogen-bond donors (Lipinski definition) is 0. The molecule has 0 aliphatic heterocycles. The predicted molar refractivity (Wildman–Crippen MR) is 268 cm³/mol. The largest absolute Gasteiger partial charge is 0.310 e. The highest BCUT2D eigenvalue weighted by Crippen LogP contribution is 2.47. The van der Waals surface area contributed by atoms with E-state index in [0.29, 0.717) is 0 Å². The van der Waals surface area contributed by atoms with Crippen molar-refractivity contribution in [1.29, 1.82) is 0 Å². The van der Waals surface area contributed by atoms with Crippen molar-refractivity contribution in [3.8, 4) is 44.5 Å². The van der Waals surface area contributed by atoms with Gasteiger partial charge in [-0.05, 0) is 137 Å². The maximum absolute atomic E-state index is 2.46. The Hall–Kier alpha value is -7.78. The van der Waals surface area contributed by atoms with Crippen LogP contribution < -0.4 is 4.90 Å². The summed E-state index contributed by atoms with van der Waals surface area (Å²) in [6.45, 7) is 0. The summed E-state index contributed by atoms with van der Waals surface area (Å²) >= 11 is 1.87. The molecule has 1 heterocycles. The summed E-state index contributed by atoms with van der Waals surface area (Å²) in [4.78, 5) is 2.46. The van der Waals surface area contributed by atoms with Crippen LogP contribution in [0.25, 0.3) is 97.0 Å². The highest BCUT2D eigenvalue weighted by Gasteiger charge is 2.20. The molecule has 1 aromatic heterocycles. The first kappa shape index (κ1) is 36.1. The molecule has 0 aliphatic carbocycles. The molecule has 12 aromatic rings. The van der Waals surface area contributed by atoms with Crippen LogP contribution in [0.4, 0.5) is 17.1 Å². The molecule has 11 aromatic carbocycles. The van der Waals surface area contributed by atoms with Crippen LogP contribution in [-0.2, 0) is 0 Å². The maximum Gasteiger partial charge on any atom is 0.0554 e. The van der Waals surface area contributed by atoms with E-state index in [2.05, 4.69) is 241 Å². The normalized spacial score (nSPS) is 11.5. The Morgan fingerprint density at radius 3 is 1.65 bits per heavy atom. The zero-order valence-corrected chi connectivity index (χ0v) is 34.7. The SMILES string of the molecule is c1ccc(-c2ccccc2-c2ccc(N(c3cccc(-c4cccc(-c5cc6ccccc6c6ccccc56)c4)c3)c3cccc4sc5cc6ccccc6cc5c34)cc2)cc1. The van der Waals surface area contributed by atoms with Crippen molar-refractivity contribution in [3.05, 3.63) is 237 Å². The second-order valence-electron chi connectivity index (χ2n) is 16.1. The summed E-state index contributed by atoms with van der Waals surface area (Å²) in [5, 5.41) is 10.2. The smallest absolute Gasteiger partial charge is 0.0554 e. The monoisotopic (exact) mass is 805 g/mol. The van der Waals surface area contributed by atoms with Gasteiger partial charge in [0.1, 0.15) is 0 Å². The number of fused-ring (bicyclic) bond motifs is 7. The molecule has 0 N–H and O–H groups in total. The number of nitrogens with zero attached hydrogens (tertiary/aromatic N) is 1. The van der Waals surface area contributed by atoms with E-state index in [1.807, 2.05) is 11.3 Å². The Labute approximate surface area is 365 Å². The van der Waals surface area contributed by atoms with Crippen molar-refractivity contribution >= 4 is 80.9 Å². The van der Waals surface area contributed by atoms with Gasteiger partial charge in [-0.15, -0.1) is 11.3 Å². The van der Waals surface area contributed by atoms with Crippen LogP contribution in [-0.4, -0.2) is 0 Å². The molecule has 0 atom stereocenters. The first-order chi connectivity index (χ1) is 30.7. The standard InChI is InChI=1S/C60H39NS/c1-2-15-40(16-3-1)50-24-8-9-25-51(50)41-31-33-48(34-32-41)61(57-29-14-30-58-60(57)56-37-44-17-4-5-18-45(44)39-59(56)62-58)49-23-13-21-43(36-49)42-20-12-22-46(35-42)55-38-47-19-6-7-26-52(47)53-27-10-11-28-54(53)55/h1-39H. The van der Waals surface area contributed by atoms with Crippen LogP contribution >= 0.6 is 11.3 Å². The van der Waals surface area contributed by atoms with Crippen molar-refractivity contribution < 1.29 is 0 Å². The van der Waals surface area contributed by atoms with E-state index >= 15 is 0 Å². The lowest BCUT2D eigenvalue weighted by molar-refractivity contribution is 1.30. The molecule has 290 valence electrons. The van der Waals surface area contributed by atoms with Gasteiger partial charge >= 0.3 is 0 Å². The fourth-order valence-corrected chi connectivity index (χ4v) is 10.6. The molecule has 2 heteroatoms. The van der Waals surface area contributed by atoms with Gasteiger partial charge in [0.2, 0.25) is 0 Å². The first-order valence-electron chi connectivity index (χ1n) is 21.2. The van der Waals surface area contributed by atoms with Gasteiger partial charge < -0.3 is 4.90 Å². The number of thiophene rings is 1. The summed E-state index contributed by atoms with van der Waals surface area (Å²) in [6, 6.07) is 86.8. The van der Waals surface area contributed by atoms with E-state index in [-0.39, 0.29) is 0 Å².